The van der Waals surface area contributed by atoms with Gasteiger partial charge in [0.2, 0.25) is 0 Å². The lowest BCUT2D eigenvalue weighted by molar-refractivity contribution is 0.392. The molecule has 0 aliphatic heterocycles. The van der Waals surface area contributed by atoms with E-state index in [9.17, 15) is 13.5 Å². The molecule has 0 unspecified atom stereocenters. The molecule has 0 radical (unpaired) electrons. The van der Waals surface area contributed by atoms with E-state index >= 15 is 0 Å². The smallest absolute Gasteiger partial charge is 0.265 e. The number of nitrogens with one attached hydrogen (secondary N) is 1. The normalized spacial score (nSPS) is 11.0. The number of aromatic hydroxyl groups is 1. The summed E-state index contributed by atoms with van der Waals surface area (Å²) >= 11 is 5.96. The summed E-state index contributed by atoms with van der Waals surface area (Å²) < 4.78 is 37.4. The Labute approximate surface area is 133 Å². The van der Waals surface area contributed by atoms with E-state index in [1.165, 1.54) is 38.5 Å². The monoisotopic (exact) mass is 343 g/mol. The third-order valence-corrected chi connectivity index (χ3v) is 4.56. The standard InChI is InChI=1S/C14H14ClNO5S/c1-20-12-8-14(13(21-2)7-9(12)15)22(18,19)16-10-5-3-4-6-11(10)17/h3-8,16-17H,1-2H3. The van der Waals surface area contributed by atoms with Crippen LogP contribution in [-0.2, 0) is 10.0 Å². The zero-order chi connectivity index (χ0) is 16.3. The third-order valence-electron chi connectivity index (χ3n) is 2.88. The summed E-state index contributed by atoms with van der Waals surface area (Å²) in [6.45, 7) is 0. The van der Waals surface area contributed by atoms with Crippen LogP contribution in [0.4, 0.5) is 5.69 Å². The molecule has 0 amide bonds. The molecule has 0 saturated carbocycles. The van der Waals surface area contributed by atoms with E-state index in [-0.39, 0.29) is 32.9 Å². The number of hydrogen-bond donors (Lipinski definition) is 2. The highest BCUT2D eigenvalue weighted by Crippen LogP contribution is 2.36. The van der Waals surface area contributed by atoms with Crippen LogP contribution >= 0.6 is 11.6 Å². The minimum atomic E-state index is -4.00. The van der Waals surface area contributed by atoms with Crippen molar-refractivity contribution < 1.29 is 23.0 Å². The van der Waals surface area contributed by atoms with Gasteiger partial charge in [0.15, 0.2) is 0 Å². The summed E-state index contributed by atoms with van der Waals surface area (Å²) in [5, 5.41) is 9.91. The van der Waals surface area contributed by atoms with Crippen molar-refractivity contribution >= 4 is 27.3 Å². The molecular weight excluding hydrogens is 330 g/mol. The zero-order valence-corrected chi connectivity index (χ0v) is 13.4. The predicted molar refractivity (Wildman–Crippen MR) is 83.5 cm³/mol. The molecule has 6 nitrogen and oxygen atoms in total. The summed E-state index contributed by atoms with van der Waals surface area (Å²) in [4.78, 5) is -0.153. The second-order valence-electron chi connectivity index (χ2n) is 4.26. The molecule has 2 aromatic rings. The summed E-state index contributed by atoms with van der Waals surface area (Å²) in [7, 11) is -1.30. The number of phenols is 1. The fourth-order valence-corrected chi connectivity index (χ4v) is 3.27. The van der Waals surface area contributed by atoms with Crippen molar-refractivity contribution in [1.82, 2.24) is 0 Å². The van der Waals surface area contributed by atoms with Crippen molar-refractivity contribution in [3.05, 3.63) is 41.4 Å². The molecular formula is C14H14ClNO5S. The van der Waals surface area contributed by atoms with Crippen molar-refractivity contribution in [3.8, 4) is 17.2 Å². The molecule has 8 heteroatoms. The molecule has 0 heterocycles. The third kappa shape index (κ3) is 3.20. The maximum atomic E-state index is 12.5. The molecule has 2 rings (SSSR count). The van der Waals surface area contributed by atoms with Gasteiger partial charge in [-0.15, -0.1) is 0 Å². The number of para-hydroxylation sites is 2. The van der Waals surface area contributed by atoms with Crippen LogP contribution in [0.25, 0.3) is 0 Å². The van der Waals surface area contributed by atoms with E-state index in [0.717, 1.165) is 0 Å². The van der Waals surface area contributed by atoms with Gasteiger partial charge in [0.25, 0.3) is 10.0 Å². The van der Waals surface area contributed by atoms with E-state index in [4.69, 9.17) is 21.1 Å². The molecule has 0 aliphatic carbocycles. The molecule has 0 aromatic heterocycles. The Balaban J connectivity index is 2.51. The summed E-state index contributed by atoms with van der Waals surface area (Å²) in [5.41, 5.74) is 0.0541. The lowest BCUT2D eigenvalue weighted by Gasteiger charge is -2.14. The minimum absolute atomic E-state index is 0.0541. The second-order valence-corrected chi connectivity index (χ2v) is 6.32. The van der Waals surface area contributed by atoms with Gasteiger partial charge in [-0.25, -0.2) is 8.42 Å². The van der Waals surface area contributed by atoms with Gasteiger partial charge >= 0.3 is 0 Å². The molecule has 0 aliphatic rings. The summed E-state index contributed by atoms with van der Waals surface area (Å²) in [5.74, 6) is 0.0693. The van der Waals surface area contributed by atoms with Crippen LogP contribution in [0.3, 0.4) is 0 Å². The molecule has 0 spiro atoms. The molecule has 0 fully saturated rings. The SMILES string of the molecule is COc1cc(S(=O)(=O)Nc2ccccc2O)c(OC)cc1Cl. The van der Waals surface area contributed by atoms with Crippen molar-refractivity contribution in [2.75, 3.05) is 18.9 Å². The first-order valence-corrected chi connectivity index (χ1v) is 7.97. The Morgan fingerprint density at radius 3 is 2.32 bits per heavy atom. The van der Waals surface area contributed by atoms with Crippen LogP contribution in [0.1, 0.15) is 0 Å². The van der Waals surface area contributed by atoms with Gasteiger partial charge in [-0.1, -0.05) is 23.7 Å². The Morgan fingerprint density at radius 1 is 1.09 bits per heavy atom. The van der Waals surface area contributed by atoms with Gasteiger partial charge in [0.1, 0.15) is 22.1 Å². The van der Waals surface area contributed by atoms with Crippen molar-refractivity contribution in [3.63, 3.8) is 0 Å². The topological polar surface area (TPSA) is 84.9 Å². The Kier molecular flexibility index (Phi) is 4.68. The van der Waals surface area contributed by atoms with Crippen LogP contribution in [-0.4, -0.2) is 27.7 Å². The number of benzene rings is 2. The quantitative estimate of drug-likeness (QED) is 0.815. The van der Waals surface area contributed by atoms with E-state index < -0.39 is 10.0 Å². The van der Waals surface area contributed by atoms with E-state index in [2.05, 4.69) is 4.72 Å². The molecule has 118 valence electrons. The lowest BCUT2D eigenvalue weighted by Crippen LogP contribution is -2.14. The highest BCUT2D eigenvalue weighted by Gasteiger charge is 2.23. The molecule has 22 heavy (non-hydrogen) atoms. The molecule has 0 bridgehead atoms. The highest BCUT2D eigenvalue weighted by molar-refractivity contribution is 7.92. The van der Waals surface area contributed by atoms with Gasteiger partial charge in [0.05, 0.1) is 24.9 Å². The number of hydrogen-bond acceptors (Lipinski definition) is 5. The fourth-order valence-electron chi connectivity index (χ4n) is 1.80. The zero-order valence-electron chi connectivity index (χ0n) is 11.8. The number of anilines is 1. The first-order valence-electron chi connectivity index (χ1n) is 6.11. The maximum Gasteiger partial charge on any atom is 0.265 e. The summed E-state index contributed by atoms with van der Waals surface area (Å²) in [6.07, 6.45) is 0. The van der Waals surface area contributed by atoms with E-state index in [0.29, 0.717) is 0 Å². The van der Waals surface area contributed by atoms with Crippen molar-refractivity contribution in [2.24, 2.45) is 0 Å². The Hall–Kier alpha value is -2.12. The van der Waals surface area contributed by atoms with Gasteiger partial charge in [-0.2, -0.15) is 0 Å². The van der Waals surface area contributed by atoms with Gasteiger partial charge in [-0.05, 0) is 12.1 Å². The lowest BCUT2D eigenvalue weighted by atomic mass is 10.3. The number of phenolic OH excluding ortho intramolecular Hbond substituents is 1. The van der Waals surface area contributed by atoms with Crippen molar-refractivity contribution in [2.45, 2.75) is 4.90 Å². The van der Waals surface area contributed by atoms with Crippen molar-refractivity contribution in [1.29, 1.82) is 0 Å². The van der Waals surface area contributed by atoms with Crippen LogP contribution in [0.15, 0.2) is 41.3 Å². The average Bonchev–Trinajstić information content (AvgIpc) is 2.48. The first-order chi connectivity index (χ1) is 10.4. The number of sulfonamides is 1. The maximum absolute atomic E-state index is 12.5. The van der Waals surface area contributed by atoms with E-state index in [1.807, 2.05) is 0 Å². The number of methoxy groups -OCH3 is 2. The van der Waals surface area contributed by atoms with E-state index in [1.54, 1.807) is 12.1 Å². The average molecular weight is 344 g/mol. The number of rotatable bonds is 5. The van der Waals surface area contributed by atoms with Crippen LogP contribution in [0, 0.1) is 0 Å². The first kappa shape index (κ1) is 16.3. The van der Waals surface area contributed by atoms with Gasteiger partial charge in [-0.3, -0.25) is 4.72 Å². The fraction of sp³-hybridized carbons (Fsp3) is 0.143. The molecule has 0 saturated heterocycles. The van der Waals surface area contributed by atoms with Crippen LogP contribution in [0.5, 0.6) is 17.2 Å². The molecule has 2 aromatic carbocycles. The number of halogens is 1. The predicted octanol–water partition coefficient (Wildman–Crippen LogP) is 2.86. The molecule has 2 N–H and O–H groups in total. The van der Waals surface area contributed by atoms with Crippen LogP contribution in [0.2, 0.25) is 5.02 Å². The van der Waals surface area contributed by atoms with Gasteiger partial charge in [0, 0.05) is 12.1 Å². The summed E-state index contributed by atoms with van der Waals surface area (Å²) in [6, 6.07) is 8.59. The minimum Gasteiger partial charge on any atom is -0.506 e. The number of ether oxygens (including phenoxy) is 2. The van der Waals surface area contributed by atoms with Gasteiger partial charge < -0.3 is 14.6 Å². The Morgan fingerprint density at radius 2 is 1.73 bits per heavy atom. The highest BCUT2D eigenvalue weighted by atomic mass is 35.5. The largest absolute Gasteiger partial charge is 0.506 e. The second kappa shape index (κ2) is 6.33. The Bertz CT molecular complexity index is 792. The molecule has 0 atom stereocenters. The van der Waals surface area contributed by atoms with Crippen LogP contribution < -0.4 is 14.2 Å².